The molecule has 9 nitrogen and oxygen atoms in total. The molecule has 2 rings (SSSR count). The minimum absolute atomic E-state index is 0.0597. The standard InChI is InChI=1S/C10H14F2N3O6P/c1-5-14-7(13)2-3-15(5)9-10(11,12)8(16)6(21-9)4-20-22(17,18)19/h2-3,6,8-9,16H,1,4H2,(H2,13,14)(H2,17,18,19)/t6?,8-,9?/m0/s1. The van der Waals surface area contributed by atoms with E-state index in [-0.39, 0.29) is 11.7 Å². The topological polar surface area (TPSA) is 138 Å². The number of nitrogens with zero attached hydrogens (tertiary/aromatic N) is 2. The Morgan fingerprint density at radius 1 is 1.59 bits per heavy atom. The molecule has 3 atom stereocenters. The van der Waals surface area contributed by atoms with Crippen LogP contribution in [0.5, 0.6) is 0 Å². The summed E-state index contributed by atoms with van der Waals surface area (Å²) in [6, 6.07) is 0. The molecule has 2 aliphatic heterocycles. The van der Waals surface area contributed by atoms with Crippen LogP contribution in [-0.4, -0.2) is 56.6 Å². The van der Waals surface area contributed by atoms with Gasteiger partial charge < -0.3 is 30.3 Å². The van der Waals surface area contributed by atoms with Crippen LogP contribution in [0, 0.1) is 0 Å². The number of hydrogen-bond acceptors (Lipinski definition) is 7. The van der Waals surface area contributed by atoms with Crippen LogP contribution in [0.4, 0.5) is 8.78 Å². The Bertz CT molecular complexity index is 577. The summed E-state index contributed by atoms with van der Waals surface area (Å²) in [4.78, 5) is 21.7. The first kappa shape index (κ1) is 17.0. The SMILES string of the molecule is C=C1N=C(N)C=CN1C1OC(COP(=O)(O)O)[C@H](O)C1(F)F. The fourth-order valence-corrected chi connectivity index (χ4v) is 2.32. The lowest BCUT2D eigenvalue weighted by Gasteiger charge is -2.31. The minimum Gasteiger partial charge on any atom is -0.384 e. The minimum atomic E-state index is -4.88. The van der Waals surface area contributed by atoms with E-state index in [0.29, 0.717) is 0 Å². The Morgan fingerprint density at radius 2 is 2.23 bits per heavy atom. The average molecular weight is 341 g/mol. The maximum atomic E-state index is 14.1. The molecule has 2 unspecified atom stereocenters. The van der Waals surface area contributed by atoms with Gasteiger partial charge in [-0.25, -0.2) is 9.56 Å². The molecule has 12 heteroatoms. The van der Waals surface area contributed by atoms with Gasteiger partial charge in [0.25, 0.3) is 0 Å². The van der Waals surface area contributed by atoms with Crippen molar-refractivity contribution in [3.8, 4) is 0 Å². The second-order valence-electron chi connectivity index (χ2n) is 4.61. The fourth-order valence-electron chi connectivity index (χ4n) is 1.98. The van der Waals surface area contributed by atoms with E-state index in [2.05, 4.69) is 16.1 Å². The fraction of sp³-hybridized carbons (Fsp3) is 0.500. The van der Waals surface area contributed by atoms with Crippen molar-refractivity contribution in [3.05, 3.63) is 24.7 Å². The van der Waals surface area contributed by atoms with Crippen LogP contribution in [0.25, 0.3) is 0 Å². The highest BCUT2D eigenvalue weighted by molar-refractivity contribution is 7.46. The predicted molar refractivity (Wildman–Crippen MR) is 69.4 cm³/mol. The number of phosphoric acid groups is 1. The number of aliphatic hydroxyl groups is 1. The van der Waals surface area contributed by atoms with Gasteiger partial charge in [0.2, 0.25) is 6.23 Å². The van der Waals surface area contributed by atoms with Gasteiger partial charge in [-0.2, -0.15) is 8.78 Å². The third kappa shape index (κ3) is 3.35. The van der Waals surface area contributed by atoms with Crippen molar-refractivity contribution in [2.45, 2.75) is 24.4 Å². The van der Waals surface area contributed by atoms with Crippen molar-refractivity contribution >= 4 is 13.7 Å². The number of amidine groups is 1. The van der Waals surface area contributed by atoms with E-state index in [1.54, 1.807) is 0 Å². The number of halogens is 2. The van der Waals surface area contributed by atoms with E-state index in [4.69, 9.17) is 20.3 Å². The summed E-state index contributed by atoms with van der Waals surface area (Å²) in [6.45, 7) is 2.54. The van der Waals surface area contributed by atoms with Crippen molar-refractivity contribution in [2.24, 2.45) is 10.7 Å². The third-order valence-electron chi connectivity index (χ3n) is 3.00. The molecule has 0 amide bonds. The molecule has 0 aromatic carbocycles. The molecular weight excluding hydrogens is 327 g/mol. The van der Waals surface area contributed by atoms with Crippen LogP contribution in [0.15, 0.2) is 29.7 Å². The Kier molecular flexibility index (Phi) is 4.39. The van der Waals surface area contributed by atoms with Gasteiger partial charge in [-0.15, -0.1) is 0 Å². The average Bonchev–Trinajstić information content (AvgIpc) is 2.59. The predicted octanol–water partition coefficient (Wildman–Crippen LogP) is -0.526. The zero-order chi connectivity index (χ0) is 16.7. The molecule has 0 spiro atoms. The molecule has 1 fully saturated rings. The van der Waals surface area contributed by atoms with E-state index in [1.807, 2.05) is 0 Å². The molecule has 1 saturated heterocycles. The Balaban J connectivity index is 2.15. The zero-order valence-electron chi connectivity index (χ0n) is 11.0. The summed E-state index contributed by atoms with van der Waals surface area (Å²) in [5, 5.41) is 9.60. The van der Waals surface area contributed by atoms with Crippen molar-refractivity contribution in [1.29, 1.82) is 0 Å². The van der Waals surface area contributed by atoms with Crippen molar-refractivity contribution < 1.29 is 37.5 Å². The van der Waals surface area contributed by atoms with Crippen LogP contribution >= 0.6 is 7.82 Å². The summed E-state index contributed by atoms with van der Waals surface area (Å²) < 4.78 is 47.9. The normalized spacial score (nSPS) is 31.5. The van der Waals surface area contributed by atoms with E-state index in [9.17, 15) is 18.5 Å². The molecule has 22 heavy (non-hydrogen) atoms. The van der Waals surface area contributed by atoms with Gasteiger partial charge in [0.05, 0.1) is 6.61 Å². The number of aliphatic hydroxyl groups excluding tert-OH is 1. The Labute approximate surface area is 123 Å². The first-order chi connectivity index (χ1) is 10.0. The lowest BCUT2D eigenvalue weighted by atomic mass is 10.1. The van der Waals surface area contributed by atoms with E-state index in [0.717, 1.165) is 11.1 Å². The van der Waals surface area contributed by atoms with E-state index in [1.165, 1.54) is 6.08 Å². The number of hydrogen-bond donors (Lipinski definition) is 4. The highest BCUT2D eigenvalue weighted by Gasteiger charge is 2.61. The molecule has 5 N–H and O–H groups in total. The molecule has 124 valence electrons. The third-order valence-corrected chi connectivity index (χ3v) is 3.49. The lowest BCUT2D eigenvalue weighted by Crippen LogP contribution is -2.47. The Hall–Kier alpha value is -1.36. The van der Waals surface area contributed by atoms with Gasteiger partial charge in [0.1, 0.15) is 17.8 Å². The van der Waals surface area contributed by atoms with Crippen molar-refractivity contribution in [3.63, 3.8) is 0 Å². The first-order valence-electron chi connectivity index (χ1n) is 5.93. The van der Waals surface area contributed by atoms with Gasteiger partial charge in [0, 0.05) is 6.20 Å². The van der Waals surface area contributed by atoms with Crippen LogP contribution in [0.2, 0.25) is 0 Å². The van der Waals surface area contributed by atoms with Crippen molar-refractivity contribution in [1.82, 2.24) is 4.90 Å². The molecule has 0 radical (unpaired) electrons. The summed E-state index contributed by atoms with van der Waals surface area (Å²) in [7, 11) is -4.88. The zero-order valence-corrected chi connectivity index (χ0v) is 11.9. The highest BCUT2D eigenvalue weighted by atomic mass is 31.2. The second kappa shape index (κ2) is 5.69. The number of ether oxygens (including phenoxy) is 1. The summed E-state index contributed by atoms with van der Waals surface area (Å²) in [5.41, 5.74) is 5.40. The van der Waals surface area contributed by atoms with E-state index >= 15 is 0 Å². The number of aliphatic imine (C=N–C) groups is 1. The number of rotatable bonds is 4. The van der Waals surface area contributed by atoms with Gasteiger partial charge in [-0.1, -0.05) is 6.58 Å². The maximum Gasteiger partial charge on any atom is 0.469 e. The monoisotopic (exact) mass is 341 g/mol. The van der Waals surface area contributed by atoms with Crippen LogP contribution in [0.1, 0.15) is 0 Å². The molecule has 0 aromatic rings. The molecular formula is C10H14F2N3O6P. The van der Waals surface area contributed by atoms with Gasteiger partial charge >= 0.3 is 13.7 Å². The number of phosphoric ester groups is 1. The van der Waals surface area contributed by atoms with Gasteiger partial charge in [0.15, 0.2) is 6.10 Å². The Morgan fingerprint density at radius 3 is 2.77 bits per heavy atom. The number of nitrogens with two attached hydrogens (primary N) is 1. The molecule has 0 aliphatic carbocycles. The molecule has 0 aromatic heterocycles. The first-order valence-corrected chi connectivity index (χ1v) is 7.46. The molecule has 2 heterocycles. The smallest absolute Gasteiger partial charge is 0.384 e. The van der Waals surface area contributed by atoms with Gasteiger partial charge in [-0.05, 0) is 6.08 Å². The largest absolute Gasteiger partial charge is 0.469 e. The quantitative estimate of drug-likeness (QED) is 0.501. The molecule has 2 aliphatic rings. The van der Waals surface area contributed by atoms with E-state index < -0.39 is 38.8 Å². The van der Waals surface area contributed by atoms with Crippen LogP contribution < -0.4 is 5.73 Å². The molecule has 0 bridgehead atoms. The number of alkyl halides is 2. The summed E-state index contributed by atoms with van der Waals surface area (Å²) >= 11 is 0. The maximum absolute atomic E-state index is 14.1. The summed E-state index contributed by atoms with van der Waals surface area (Å²) in [5.74, 6) is -3.82. The molecule has 0 saturated carbocycles. The highest BCUT2D eigenvalue weighted by Crippen LogP contribution is 2.42. The lowest BCUT2D eigenvalue weighted by molar-refractivity contribution is -0.148. The van der Waals surface area contributed by atoms with Gasteiger partial charge in [-0.3, -0.25) is 4.52 Å². The van der Waals surface area contributed by atoms with Crippen LogP contribution in [-0.2, 0) is 13.8 Å². The van der Waals surface area contributed by atoms with Crippen LogP contribution in [0.3, 0.4) is 0 Å². The second-order valence-corrected chi connectivity index (χ2v) is 5.85. The summed E-state index contributed by atoms with van der Waals surface area (Å²) in [6.07, 6.45) is -3.54. The van der Waals surface area contributed by atoms with Crippen molar-refractivity contribution in [2.75, 3.05) is 6.61 Å².